The van der Waals surface area contributed by atoms with E-state index in [4.69, 9.17) is 22.9 Å². The summed E-state index contributed by atoms with van der Waals surface area (Å²) < 4.78 is 0. The number of carbonyl (C=O) groups excluding carboxylic acids is 3. The number of hydrogen-bond donors (Lipinski definition) is 10. The molecular weight excluding hydrogens is 504 g/mol. The van der Waals surface area contributed by atoms with Crippen LogP contribution in [0, 0.1) is 0 Å². The van der Waals surface area contributed by atoms with Gasteiger partial charge in [-0.15, -0.1) is 0 Å². The molecule has 0 radical (unpaired) electrons. The van der Waals surface area contributed by atoms with Crippen LogP contribution in [0.5, 0.6) is 0 Å². The number of aliphatic carboxylic acids is 1. The summed E-state index contributed by atoms with van der Waals surface area (Å²) in [7, 11) is 0. The van der Waals surface area contributed by atoms with Gasteiger partial charge in [-0.05, 0) is 38.6 Å². The number of nitrogens with one attached hydrogen (secondary N) is 4. The molecule has 4 atom stereocenters. The Bertz CT molecular complexity index is 894. The van der Waals surface area contributed by atoms with Gasteiger partial charge < -0.3 is 49.0 Å². The van der Waals surface area contributed by atoms with Crippen molar-refractivity contribution < 1.29 is 24.3 Å². The number of guanidine groups is 1. The van der Waals surface area contributed by atoms with E-state index < -0.39 is 47.9 Å². The van der Waals surface area contributed by atoms with Crippen molar-refractivity contribution in [2.75, 3.05) is 18.8 Å². The Morgan fingerprint density at radius 3 is 2.22 bits per heavy atom. The molecule has 1 aromatic heterocycles. The van der Waals surface area contributed by atoms with Crippen molar-refractivity contribution in [3.8, 4) is 0 Å². The van der Waals surface area contributed by atoms with Crippen molar-refractivity contribution in [2.45, 2.75) is 62.7 Å². The molecule has 0 aliphatic heterocycles. The number of aromatic nitrogens is 2. The van der Waals surface area contributed by atoms with Crippen LogP contribution in [0.3, 0.4) is 0 Å². The lowest BCUT2D eigenvalue weighted by atomic mass is 10.1. The van der Waals surface area contributed by atoms with Gasteiger partial charge in [-0.25, -0.2) is 9.78 Å². The van der Waals surface area contributed by atoms with E-state index in [2.05, 4.69) is 43.5 Å². The first-order valence-electron chi connectivity index (χ1n) is 11.8. The molecule has 16 heteroatoms. The van der Waals surface area contributed by atoms with Crippen LogP contribution in [0.25, 0.3) is 0 Å². The van der Waals surface area contributed by atoms with E-state index in [9.17, 15) is 24.3 Å². The van der Waals surface area contributed by atoms with E-state index in [1.54, 1.807) is 0 Å². The molecule has 1 aromatic rings. The number of nitrogens with zero attached hydrogens (tertiary/aromatic N) is 2. The number of carboxylic acids is 1. The minimum Gasteiger partial charge on any atom is -0.480 e. The molecule has 37 heavy (non-hydrogen) atoms. The quantitative estimate of drug-likeness (QED) is 0.0387. The second-order valence-corrected chi connectivity index (χ2v) is 8.69. The molecule has 4 unspecified atom stereocenters. The average Bonchev–Trinajstić information content (AvgIpc) is 3.36. The van der Waals surface area contributed by atoms with Crippen LogP contribution in [0.15, 0.2) is 17.5 Å². The number of nitrogens with two attached hydrogens (primary N) is 4. The molecule has 0 aliphatic carbocycles. The van der Waals surface area contributed by atoms with Gasteiger partial charge in [-0.2, -0.15) is 12.6 Å². The lowest BCUT2D eigenvalue weighted by Gasteiger charge is -2.24. The van der Waals surface area contributed by atoms with Crippen molar-refractivity contribution in [2.24, 2.45) is 27.9 Å². The van der Waals surface area contributed by atoms with Gasteiger partial charge in [0, 0.05) is 30.6 Å². The molecule has 208 valence electrons. The zero-order valence-corrected chi connectivity index (χ0v) is 21.5. The molecule has 15 nitrogen and oxygen atoms in total. The van der Waals surface area contributed by atoms with Crippen LogP contribution < -0.4 is 38.9 Å². The highest BCUT2D eigenvalue weighted by molar-refractivity contribution is 7.80. The molecule has 3 amide bonds. The van der Waals surface area contributed by atoms with E-state index in [1.807, 2.05) is 0 Å². The van der Waals surface area contributed by atoms with Crippen LogP contribution in [0.1, 0.15) is 37.8 Å². The molecule has 13 N–H and O–H groups in total. The highest BCUT2D eigenvalue weighted by atomic mass is 32.1. The van der Waals surface area contributed by atoms with Crippen molar-refractivity contribution in [3.63, 3.8) is 0 Å². The van der Waals surface area contributed by atoms with Crippen molar-refractivity contribution in [1.29, 1.82) is 0 Å². The van der Waals surface area contributed by atoms with E-state index in [0.29, 0.717) is 38.0 Å². The number of carbonyl (C=O) groups is 4. The molecule has 0 bridgehead atoms. The number of aliphatic imine (C=N–C) groups is 1. The number of amides is 3. The summed E-state index contributed by atoms with van der Waals surface area (Å²) in [6.45, 7) is 0.688. The molecule has 0 saturated carbocycles. The number of rotatable bonds is 18. The maximum atomic E-state index is 13.0. The Morgan fingerprint density at radius 2 is 1.65 bits per heavy atom. The summed E-state index contributed by atoms with van der Waals surface area (Å²) in [5.74, 6) is -3.29. The Balaban J connectivity index is 2.80. The molecule has 0 aliphatic rings. The zero-order chi connectivity index (χ0) is 27.8. The molecule has 0 aromatic carbocycles. The lowest BCUT2D eigenvalue weighted by molar-refractivity contribution is -0.142. The van der Waals surface area contributed by atoms with Crippen LogP contribution in [0.2, 0.25) is 0 Å². The average molecular weight is 543 g/mol. The third-order valence-electron chi connectivity index (χ3n) is 5.29. The minimum absolute atomic E-state index is 0.0269. The molecule has 0 spiro atoms. The summed E-state index contributed by atoms with van der Waals surface area (Å²) in [6.07, 6.45) is 4.87. The molecular formula is C21H38N10O5S. The lowest BCUT2D eigenvalue weighted by Crippen LogP contribution is -2.57. The monoisotopic (exact) mass is 542 g/mol. The molecule has 1 heterocycles. The second-order valence-electron chi connectivity index (χ2n) is 8.33. The van der Waals surface area contributed by atoms with Crippen LogP contribution in [-0.2, 0) is 25.6 Å². The fourth-order valence-electron chi connectivity index (χ4n) is 3.25. The number of unbranched alkanes of at least 4 members (excludes halogenated alkanes) is 1. The van der Waals surface area contributed by atoms with Crippen LogP contribution >= 0.6 is 12.6 Å². The number of aromatic amines is 1. The first-order chi connectivity index (χ1) is 17.6. The Labute approximate surface area is 220 Å². The Morgan fingerprint density at radius 1 is 1.00 bits per heavy atom. The van der Waals surface area contributed by atoms with E-state index in [-0.39, 0.29) is 31.0 Å². The summed E-state index contributed by atoms with van der Waals surface area (Å²) in [5.41, 5.74) is 22.4. The number of carboxylic acid groups (broad SMARTS) is 1. The maximum Gasteiger partial charge on any atom is 0.326 e. The van der Waals surface area contributed by atoms with Gasteiger partial charge in [0.1, 0.15) is 18.1 Å². The number of thiol groups is 1. The van der Waals surface area contributed by atoms with Gasteiger partial charge in [-0.3, -0.25) is 19.4 Å². The third kappa shape index (κ3) is 12.4. The zero-order valence-electron chi connectivity index (χ0n) is 20.6. The smallest absolute Gasteiger partial charge is 0.326 e. The fraction of sp³-hybridized carbons (Fsp3) is 0.619. The van der Waals surface area contributed by atoms with Gasteiger partial charge in [-0.1, -0.05) is 0 Å². The number of H-pyrrole nitrogens is 1. The Kier molecular flexibility index (Phi) is 14.7. The van der Waals surface area contributed by atoms with Gasteiger partial charge >= 0.3 is 5.97 Å². The summed E-state index contributed by atoms with van der Waals surface area (Å²) in [4.78, 5) is 60.4. The molecule has 0 saturated heterocycles. The number of imidazole rings is 1. The predicted octanol–water partition coefficient (Wildman–Crippen LogP) is -3.07. The highest BCUT2D eigenvalue weighted by Gasteiger charge is 2.30. The van der Waals surface area contributed by atoms with E-state index in [0.717, 1.165) is 0 Å². The van der Waals surface area contributed by atoms with Crippen molar-refractivity contribution in [1.82, 2.24) is 25.9 Å². The molecule has 1 rings (SSSR count). The topological polar surface area (TPSA) is 270 Å². The fourth-order valence-corrected chi connectivity index (χ4v) is 3.50. The largest absolute Gasteiger partial charge is 0.480 e. The first kappa shape index (κ1) is 31.7. The second kappa shape index (κ2) is 17.1. The van der Waals surface area contributed by atoms with E-state index >= 15 is 0 Å². The predicted molar refractivity (Wildman–Crippen MR) is 140 cm³/mol. The summed E-state index contributed by atoms with van der Waals surface area (Å²) in [5, 5.41) is 17.1. The summed E-state index contributed by atoms with van der Waals surface area (Å²) in [6, 6.07) is -4.30. The van der Waals surface area contributed by atoms with Gasteiger partial charge in [0.05, 0.1) is 12.4 Å². The van der Waals surface area contributed by atoms with Crippen LogP contribution in [-0.4, -0.2) is 87.7 Å². The molecule has 0 fully saturated rings. The Hall–Kier alpha value is -3.37. The van der Waals surface area contributed by atoms with E-state index in [1.165, 1.54) is 12.5 Å². The number of hydrogen-bond acceptors (Lipinski definition) is 9. The van der Waals surface area contributed by atoms with Crippen molar-refractivity contribution >= 4 is 42.3 Å². The summed E-state index contributed by atoms with van der Waals surface area (Å²) >= 11 is 4.13. The standard InChI is InChI=1S/C21H38N10O5S/c22-6-2-1-5-14(18(33)30-15(20(35)36)8-12-9-26-11-28-12)29-19(34)16(10-37)31-17(32)13(23)4-3-7-27-21(24)25/h9,11,13-16,37H,1-8,10,22-23H2,(H,26,28)(H,29,34)(H,30,33)(H,31,32)(H,35,36)(H4,24,25,27). The third-order valence-corrected chi connectivity index (χ3v) is 5.66. The van der Waals surface area contributed by atoms with Crippen LogP contribution in [0.4, 0.5) is 0 Å². The van der Waals surface area contributed by atoms with Gasteiger partial charge in [0.15, 0.2) is 5.96 Å². The SMILES string of the molecule is NCCCCC(NC(=O)C(CS)NC(=O)C(N)CCCN=C(N)N)C(=O)NC(Cc1cnc[nH]1)C(=O)O. The minimum atomic E-state index is -1.25. The van der Waals surface area contributed by atoms with Gasteiger partial charge in [0.25, 0.3) is 0 Å². The maximum absolute atomic E-state index is 13.0. The highest BCUT2D eigenvalue weighted by Crippen LogP contribution is 2.06. The van der Waals surface area contributed by atoms with Crippen molar-refractivity contribution in [3.05, 3.63) is 18.2 Å². The first-order valence-corrected chi connectivity index (χ1v) is 12.4. The van der Waals surface area contributed by atoms with Gasteiger partial charge in [0.2, 0.25) is 17.7 Å². The normalized spacial score (nSPS) is 14.0.